The molecule has 0 bridgehead atoms. The maximum absolute atomic E-state index is 11.9. The van der Waals surface area contributed by atoms with E-state index in [-0.39, 0.29) is 0 Å². The Morgan fingerprint density at radius 3 is 2.83 bits per heavy atom. The van der Waals surface area contributed by atoms with Gasteiger partial charge >= 0.3 is 5.97 Å². The van der Waals surface area contributed by atoms with Crippen LogP contribution in [0.5, 0.6) is 5.75 Å². The van der Waals surface area contributed by atoms with Gasteiger partial charge in [-0.25, -0.2) is 4.79 Å². The van der Waals surface area contributed by atoms with Crippen LogP contribution < -0.4 is 4.74 Å². The second kappa shape index (κ2) is 3.99. The third kappa shape index (κ3) is 1.52. The summed E-state index contributed by atoms with van der Waals surface area (Å²) in [5, 5.41) is 9.79. The number of ether oxygens (including phenoxy) is 1. The zero-order valence-corrected chi connectivity index (χ0v) is 10.4. The van der Waals surface area contributed by atoms with Crippen molar-refractivity contribution in [3.8, 4) is 5.75 Å². The largest absolute Gasteiger partial charge is 0.493 e. The Labute approximate surface area is 106 Å². The van der Waals surface area contributed by atoms with E-state index in [4.69, 9.17) is 4.74 Å². The summed E-state index contributed by atoms with van der Waals surface area (Å²) < 4.78 is 5.59. The van der Waals surface area contributed by atoms with Crippen molar-refractivity contribution in [1.29, 1.82) is 0 Å². The minimum absolute atomic E-state index is 0.396. The zero-order chi connectivity index (χ0) is 12.8. The molecule has 1 N–H and O–H groups in total. The van der Waals surface area contributed by atoms with Crippen LogP contribution in [0.4, 0.5) is 0 Å². The summed E-state index contributed by atoms with van der Waals surface area (Å²) in [5.41, 5.74) is -0.131. The number of carboxylic acid groups (broad SMARTS) is 1. The van der Waals surface area contributed by atoms with Gasteiger partial charge in [0.15, 0.2) is 5.54 Å². The Bertz CT molecular complexity index is 484. The minimum Gasteiger partial charge on any atom is -0.493 e. The average molecular weight is 247 g/mol. The topological polar surface area (TPSA) is 49.8 Å². The lowest BCUT2D eigenvalue weighted by Crippen LogP contribution is -2.53. The van der Waals surface area contributed by atoms with Crippen molar-refractivity contribution in [1.82, 2.24) is 4.90 Å². The Morgan fingerprint density at radius 2 is 2.17 bits per heavy atom. The van der Waals surface area contributed by atoms with Gasteiger partial charge in [-0.3, -0.25) is 4.90 Å². The molecule has 96 valence electrons. The number of likely N-dealkylation sites (N-methyl/N-ethyl adjacent to an activating group) is 1. The summed E-state index contributed by atoms with van der Waals surface area (Å²) in [4.78, 5) is 13.9. The van der Waals surface area contributed by atoms with E-state index in [1.807, 2.05) is 36.2 Å². The van der Waals surface area contributed by atoms with E-state index >= 15 is 0 Å². The molecule has 0 radical (unpaired) electrons. The van der Waals surface area contributed by atoms with E-state index in [9.17, 15) is 9.90 Å². The lowest BCUT2D eigenvalue weighted by molar-refractivity contribution is -0.154. The van der Waals surface area contributed by atoms with Crippen molar-refractivity contribution < 1.29 is 14.6 Å². The van der Waals surface area contributed by atoms with Gasteiger partial charge in [0.2, 0.25) is 0 Å². The Morgan fingerprint density at radius 1 is 1.44 bits per heavy atom. The summed E-state index contributed by atoms with van der Waals surface area (Å²) in [5.74, 6) is -0.0636. The average Bonchev–Trinajstić information content (AvgIpc) is 3.21. The molecular formula is C14H17NO3. The number of fused-ring (bicyclic) bond motifs is 1. The number of hydrogen-bond acceptors (Lipinski definition) is 3. The van der Waals surface area contributed by atoms with Crippen molar-refractivity contribution in [3.05, 3.63) is 29.8 Å². The number of rotatable bonds is 3. The van der Waals surface area contributed by atoms with E-state index in [1.165, 1.54) is 0 Å². The number of para-hydroxylation sites is 1. The number of carboxylic acids is 1. The number of benzene rings is 1. The molecule has 0 spiro atoms. The van der Waals surface area contributed by atoms with Crippen LogP contribution in [0.1, 0.15) is 24.8 Å². The number of hydrogen-bond donors (Lipinski definition) is 1. The van der Waals surface area contributed by atoms with Crippen LogP contribution in [0.2, 0.25) is 0 Å². The van der Waals surface area contributed by atoms with Crippen LogP contribution in [-0.2, 0) is 10.3 Å². The van der Waals surface area contributed by atoms with Gasteiger partial charge in [0.1, 0.15) is 5.75 Å². The first-order valence-corrected chi connectivity index (χ1v) is 6.35. The predicted molar refractivity (Wildman–Crippen MR) is 66.7 cm³/mol. The van der Waals surface area contributed by atoms with Crippen LogP contribution in [0.25, 0.3) is 0 Å². The van der Waals surface area contributed by atoms with Crippen LogP contribution >= 0.6 is 0 Å². The smallest absolute Gasteiger partial charge is 0.329 e. The normalized spacial score (nSPS) is 26.6. The summed E-state index contributed by atoms with van der Waals surface area (Å²) in [6.07, 6.45) is 2.69. The maximum atomic E-state index is 11.9. The lowest BCUT2D eigenvalue weighted by atomic mass is 9.83. The molecule has 3 rings (SSSR count). The molecule has 2 aliphatic rings. The Balaban J connectivity index is 2.13. The highest BCUT2D eigenvalue weighted by atomic mass is 16.5. The number of aliphatic carboxylic acids is 1. The predicted octanol–water partition coefficient (Wildman–Crippen LogP) is 1.84. The molecule has 0 aromatic heterocycles. The first kappa shape index (κ1) is 11.5. The molecule has 1 aliphatic heterocycles. The zero-order valence-electron chi connectivity index (χ0n) is 10.4. The van der Waals surface area contributed by atoms with Gasteiger partial charge in [-0.15, -0.1) is 0 Å². The lowest BCUT2D eigenvalue weighted by Gasteiger charge is -2.42. The summed E-state index contributed by atoms with van der Waals surface area (Å²) >= 11 is 0. The summed E-state index contributed by atoms with van der Waals surface area (Å²) in [6, 6.07) is 7.89. The SMILES string of the molecule is CN(C1CC1)C1(C(=O)O)CCOc2ccccc21. The molecule has 1 aliphatic carbocycles. The van der Waals surface area contributed by atoms with Crippen molar-refractivity contribution in [3.63, 3.8) is 0 Å². The molecule has 1 heterocycles. The van der Waals surface area contributed by atoms with Crippen LogP contribution in [0.3, 0.4) is 0 Å². The molecule has 4 heteroatoms. The third-order valence-electron chi connectivity index (χ3n) is 4.10. The summed E-state index contributed by atoms with van der Waals surface area (Å²) in [6.45, 7) is 0.459. The van der Waals surface area contributed by atoms with Crippen LogP contribution in [0, 0.1) is 0 Å². The Kier molecular flexibility index (Phi) is 2.55. The molecule has 1 fully saturated rings. The number of carbonyl (C=O) groups is 1. The molecule has 0 amide bonds. The standard InChI is InChI=1S/C14H17NO3/c1-15(10-6-7-10)14(13(16)17)8-9-18-12-5-3-2-4-11(12)14/h2-5,10H,6-9H2,1H3,(H,16,17). The van der Waals surface area contributed by atoms with Crippen molar-refractivity contribution in [2.24, 2.45) is 0 Å². The first-order chi connectivity index (χ1) is 8.66. The van der Waals surface area contributed by atoms with E-state index < -0.39 is 11.5 Å². The fourth-order valence-corrected chi connectivity index (χ4v) is 2.89. The van der Waals surface area contributed by atoms with Crippen molar-refractivity contribution in [2.75, 3.05) is 13.7 Å². The van der Waals surface area contributed by atoms with Crippen molar-refractivity contribution in [2.45, 2.75) is 30.8 Å². The van der Waals surface area contributed by atoms with E-state index in [1.54, 1.807) is 0 Å². The molecule has 0 saturated heterocycles. The molecular weight excluding hydrogens is 230 g/mol. The van der Waals surface area contributed by atoms with Gasteiger partial charge in [-0.2, -0.15) is 0 Å². The molecule has 1 unspecified atom stereocenters. The van der Waals surface area contributed by atoms with E-state index in [0.717, 1.165) is 18.4 Å². The first-order valence-electron chi connectivity index (χ1n) is 6.35. The quantitative estimate of drug-likeness (QED) is 0.885. The van der Waals surface area contributed by atoms with Gasteiger partial charge in [0.05, 0.1) is 6.61 Å². The van der Waals surface area contributed by atoms with Gasteiger partial charge in [0.25, 0.3) is 0 Å². The number of nitrogens with zero attached hydrogens (tertiary/aromatic N) is 1. The van der Waals surface area contributed by atoms with Gasteiger partial charge in [-0.05, 0) is 26.0 Å². The molecule has 18 heavy (non-hydrogen) atoms. The van der Waals surface area contributed by atoms with E-state index in [2.05, 4.69) is 0 Å². The highest BCUT2D eigenvalue weighted by Gasteiger charge is 2.51. The fourth-order valence-electron chi connectivity index (χ4n) is 2.89. The molecule has 1 atom stereocenters. The minimum atomic E-state index is -0.921. The second-order valence-corrected chi connectivity index (χ2v) is 5.10. The highest BCUT2D eigenvalue weighted by Crippen LogP contribution is 2.45. The molecule has 1 aromatic rings. The molecule has 1 saturated carbocycles. The summed E-state index contributed by atoms with van der Waals surface area (Å²) in [7, 11) is 1.92. The third-order valence-corrected chi connectivity index (χ3v) is 4.10. The molecule has 1 aromatic carbocycles. The fraction of sp³-hybridized carbons (Fsp3) is 0.500. The van der Waals surface area contributed by atoms with Gasteiger partial charge in [-0.1, -0.05) is 18.2 Å². The Hall–Kier alpha value is -1.55. The van der Waals surface area contributed by atoms with E-state index in [0.29, 0.717) is 24.8 Å². The van der Waals surface area contributed by atoms with Gasteiger partial charge in [0, 0.05) is 18.0 Å². The van der Waals surface area contributed by atoms with Gasteiger partial charge < -0.3 is 9.84 Å². The second-order valence-electron chi connectivity index (χ2n) is 5.10. The highest BCUT2D eigenvalue weighted by molar-refractivity contribution is 5.82. The van der Waals surface area contributed by atoms with Crippen molar-refractivity contribution >= 4 is 5.97 Å². The molecule has 4 nitrogen and oxygen atoms in total. The monoisotopic (exact) mass is 247 g/mol. The maximum Gasteiger partial charge on any atom is 0.329 e. The van der Waals surface area contributed by atoms with Crippen LogP contribution in [-0.4, -0.2) is 35.7 Å². The van der Waals surface area contributed by atoms with Crippen LogP contribution in [0.15, 0.2) is 24.3 Å².